The number of hydrogen-bond acceptors (Lipinski definition) is 4. The number of aromatic amines is 1. The normalized spacial score (nSPS) is 16.3. The molecule has 128 valence electrons. The van der Waals surface area contributed by atoms with Crippen LogP contribution in [0.2, 0.25) is 0 Å². The van der Waals surface area contributed by atoms with E-state index in [0.29, 0.717) is 19.1 Å². The van der Waals surface area contributed by atoms with E-state index in [1.165, 1.54) is 7.11 Å². The van der Waals surface area contributed by atoms with Gasteiger partial charge in [0.1, 0.15) is 12.4 Å². The second kappa shape index (κ2) is 7.49. The van der Waals surface area contributed by atoms with Crippen molar-refractivity contribution >= 4 is 11.6 Å². The van der Waals surface area contributed by atoms with Gasteiger partial charge in [0, 0.05) is 31.2 Å². The molecule has 0 aliphatic carbocycles. The Morgan fingerprint density at radius 2 is 2.38 bits per heavy atom. The molecule has 6 heteroatoms. The number of methoxy groups -OCH3 is 1. The number of carbonyl (C=O) groups is 1. The maximum absolute atomic E-state index is 12.2. The molecule has 1 N–H and O–H groups in total. The first-order chi connectivity index (χ1) is 11.7. The number of hydrogen-bond donors (Lipinski definition) is 1. The summed E-state index contributed by atoms with van der Waals surface area (Å²) in [4.78, 5) is 21.2. The lowest BCUT2D eigenvalue weighted by Gasteiger charge is -2.28. The molecule has 0 radical (unpaired) electrons. The highest BCUT2D eigenvalue weighted by atomic mass is 16.5. The number of rotatable bonds is 6. The van der Waals surface area contributed by atoms with Gasteiger partial charge in [0.2, 0.25) is 0 Å². The Morgan fingerprint density at radius 3 is 3.08 bits per heavy atom. The van der Waals surface area contributed by atoms with Crippen LogP contribution in [0.4, 0.5) is 5.69 Å². The van der Waals surface area contributed by atoms with Gasteiger partial charge < -0.3 is 19.4 Å². The number of carbonyl (C=O) groups excluding carboxylic acids is 1. The fourth-order valence-electron chi connectivity index (χ4n) is 3.20. The van der Waals surface area contributed by atoms with E-state index in [4.69, 9.17) is 9.47 Å². The van der Waals surface area contributed by atoms with Crippen LogP contribution in [0.5, 0.6) is 5.75 Å². The van der Waals surface area contributed by atoms with Gasteiger partial charge in [-0.05, 0) is 49.4 Å². The van der Waals surface area contributed by atoms with E-state index in [1.54, 1.807) is 11.2 Å². The molecule has 0 fully saturated rings. The fraction of sp³-hybridized carbons (Fsp3) is 0.444. The predicted molar refractivity (Wildman–Crippen MR) is 91.5 cm³/mol. The van der Waals surface area contributed by atoms with E-state index >= 15 is 0 Å². The quantitative estimate of drug-likeness (QED) is 0.884. The van der Waals surface area contributed by atoms with Crippen LogP contribution in [-0.2, 0) is 16.0 Å². The van der Waals surface area contributed by atoms with Crippen molar-refractivity contribution in [1.29, 1.82) is 0 Å². The largest absolute Gasteiger partial charge is 0.493 e. The smallest absolute Gasteiger partial charge is 0.252 e. The molecule has 1 amide bonds. The highest BCUT2D eigenvalue weighted by Gasteiger charge is 2.24. The summed E-state index contributed by atoms with van der Waals surface area (Å²) < 4.78 is 10.8. The highest BCUT2D eigenvalue weighted by molar-refractivity contribution is 5.94. The zero-order valence-corrected chi connectivity index (χ0v) is 14.1. The SMILES string of the molecule is CCN(C(=O)COC)c1ccc2c(c1)C(Cc1cnc[nH]1)CCO2. The first-order valence-corrected chi connectivity index (χ1v) is 8.26. The predicted octanol–water partition coefficient (Wildman–Crippen LogP) is 2.52. The number of ether oxygens (including phenoxy) is 2. The number of nitrogens with one attached hydrogen (secondary N) is 1. The lowest BCUT2D eigenvalue weighted by Crippen LogP contribution is -2.33. The molecule has 2 heterocycles. The molecule has 24 heavy (non-hydrogen) atoms. The van der Waals surface area contributed by atoms with Crippen molar-refractivity contribution in [3.05, 3.63) is 42.0 Å². The van der Waals surface area contributed by atoms with Crippen molar-refractivity contribution in [2.24, 2.45) is 0 Å². The summed E-state index contributed by atoms with van der Waals surface area (Å²) in [6.45, 7) is 3.36. The Bertz CT molecular complexity index is 685. The monoisotopic (exact) mass is 329 g/mol. The minimum atomic E-state index is -0.0400. The number of benzene rings is 1. The van der Waals surface area contributed by atoms with Gasteiger partial charge in [0.15, 0.2) is 0 Å². The number of H-pyrrole nitrogens is 1. The first kappa shape index (κ1) is 16.5. The standard InChI is InChI=1S/C18H23N3O3/c1-3-21(18(22)11-23-2)15-4-5-17-16(9-15)13(6-7-24-17)8-14-10-19-12-20-14/h4-5,9-10,12-13H,3,6-8,11H2,1-2H3,(H,19,20). The van der Waals surface area contributed by atoms with Gasteiger partial charge in [0.05, 0.1) is 12.9 Å². The molecule has 0 saturated heterocycles. The second-order valence-corrected chi connectivity index (χ2v) is 5.91. The van der Waals surface area contributed by atoms with Crippen molar-refractivity contribution in [3.8, 4) is 5.75 Å². The molecule has 6 nitrogen and oxygen atoms in total. The number of likely N-dealkylation sites (N-methyl/N-ethyl adjacent to an activating group) is 1. The molecular formula is C18H23N3O3. The van der Waals surface area contributed by atoms with Gasteiger partial charge >= 0.3 is 0 Å². The first-order valence-electron chi connectivity index (χ1n) is 8.26. The maximum atomic E-state index is 12.2. The average Bonchev–Trinajstić information content (AvgIpc) is 3.09. The Balaban J connectivity index is 1.88. The molecule has 0 saturated carbocycles. The van der Waals surface area contributed by atoms with Crippen LogP contribution < -0.4 is 9.64 Å². The number of amides is 1. The Morgan fingerprint density at radius 1 is 1.50 bits per heavy atom. The van der Waals surface area contributed by atoms with E-state index in [2.05, 4.69) is 16.0 Å². The number of imidazole rings is 1. The van der Waals surface area contributed by atoms with Crippen molar-refractivity contribution in [3.63, 3.8) is 0 Å². The third-order valence-electron chi connectivity index (χ3n) is 4.38. The van der Waals surface area contributed by atoms with Crippen LogP contribution in [-0.4, -0.2) is 42.7 Å². The van der Waals surface area contributed by atoms with Crippen molar-refractivity contribution in [2.75, 3.05) is 31.8 Å². The van der Waals surface area contributed by atoms with Crippen LogP contribution >= 0.6 is 0 Å². The molecule has 2 aromatic rings. The van der Waals surface area contributed by atoms with Crippen molar-refractivity contribution in [2.45, 2.75) is 25.7 Å². The summed E-state index contributed by atoms with van der Waals surface area (Å²) in [5.41, 5.74) is 3.15. The third kappa shape index (κ3) is 3.43. The molecule has 1 atom stereocenters. The van der Waals surface area contributed by atoms with Crippen LogP contribution in [0.3, 0.4) is 0 Å². The molecule has 1 aliphatic heterocycles. The highest BCUT2D eigenvalue weighted by Crippen LogP contribution is 2.38. The molecule has 1 aliphatic rings. The molecule has 3 rings (SSSR count). The summed E-state index contributed by atoms with van der Waals surface area (Å²) in [6, 6.07) is 5.98. The number of nitrogens with zero attached hydrogens (tertiary/aromatic N) is 2. The summed E-state index contributed by atoms with van der Waals surface area (Å²) in [5.74, 6) is 1.22. The topological polar surface area (TPSA) is 67.5 Å². The van der Waals surface area contributed by atoms with Crippen LogP contribution in [0, 0.1) is 0 Å². The summed E-state index contributed by atoms with van der Waals surface area (Å²) in [6.07, 6.45) is 5.40. The summed E-state index contributed by atoms with van der Waals surface area (Å²) >= 11 is 0. The molecular weight excluding hydrogens is 306 g/mol. The van der Waals surface area contributed by atoms with Gasteiger partial charge in [-0.3, -0.25) is 4.79 Å². The van der Waals surface area contributed by atoms with Crippen LogP contribution in [0.25, 0.3) is 0 Å². The van der Waals surface area contributed by atoms with Gasteiger partial charge in [-0.25, -0.2) is 4.98 Å². The van der Waals surface area contributed by atoms with E-state index in [0.717, 1.165) is 35.5 Å². The van der Waals surface area contributed by atoms with E-state index in [1.807, 2.05) is 25.3 Å². The number of aromatic nitrogens is 2. The third-order valence-corrected chi connectivity index (χ3v) is 4.38. The van der Waals surface area contributed by atoms with E-state index < -0.39 is 0 Å². The van der Waals surface area contributed by atoms with E-state index in [-0.39, 0.29) is 12.5 Å². The molecule has 1 aromatic heterocycles. The van der Waals surface area contributed by atoms with Crippen molar-refractivity contribution in [1.82, 2.24) is 9.97 Å². The molecule has 0 spiro atoms. The van der Waals surface area contributed by atoms with Gasteiger partial charge in [-0.2, -0.15) is 0 Å². The molecule has 0 bridgehead atoms. The van der Waals surface area contributed by atoms with Crippen LogP contribution in [0.15, 0.2) is 30.7 Å². The Labute approximate surface area is 141 Å². The molecule has 1 aromatic carbocycles. The lowest BCUT2D eigenvalue weighted by molar-refractivity contribution is -0.122. The fourth-order valence-corrected chi connectivity index (χ4v) is 3.20. The minimum Gasteiger partial charge on any atom is -0.493 e. The maximum Gasteiger partial charge on any atom is 0.252 e. The summed E-state index contributed by atoms with van der Waals surface area (Å²) in [5, 5.41) is 0. The second-order valence-electron chi connectivity index (χ2n) is 5.91. The van der Waals surface area contributed by atoms with Crippen molar-refractivity contribution < 1.29 is 14.3 Å². The Kier molecular flexibility index (Phi) is 5.15. The average molecular weight is 329 g/mol. The number of fused-ring (bicyclic) bond motifs is 1. The zero-order valence-electron chi connectivity index (χ0n) is 14.1. The zero-order chi connectivity index (χ0) is 16.9. The number of anilines is 1. The van der Waals surface area contributed by atoms with Crippen LogP contribution in [0.1, 0.15) is 30.5 Å². The van der Waals surface area contributed by atoms with Gasteiger partial charge in [-0.1, -0.05) is 0 Å². The van der Waals surface area contributed by atoms with Gasteiger partial charge in [-0.15, -0.1) is 0 Å². The minimum absolute atomic E-state index is 0.0400. The van der Waals surface area contributed by atoms with Gasteiger partial charge in [0.25, 0.3) is 5.91 Å². The Hall–Kier alpha value is -2.34. The summed E-state index contributed by atoms with van der Waals surface area (Å²) in [7, 11) is 1.53. The van der Waals surface area contributed by atoms with E-state index in [9.17, 15) is 4.79 Å². The molecule has 1 unspecified atom stereocenters. The lowest BCUT2D eigenvalue weighted by atomic mass is 9.89.